The molecule has 0 amide bonds. The number of aromatic amines is 1. The van der Waals surface area contributed by atoms with Crippen LogP contribution in [-0.4, -0.2) is 18.1 Å². The minimum absolute atomic E-state index is 0.137. The van der Waals surface area contributed by atoms with Crippen molar-refractivity contribution >= 4 is 16.9 Å². The van der Waals surface area contributed by atoms with Crippen LogP contribution in [0.3, 0.4) is 0 Å². The number of fused-ring (bicyclic) bond motifs is 1. The first-order valence-electron chi connectivity index (χ1n) is 5.60. The SMILES string of the molecule is COC(=O)CCC(N)c1ccc2cc[nH]c2c1. The van der Waals surface area contributed by atoms with Crippen LogP contribution >= 0.6 is 0 Å². The molecule has 0 spiro atoms. The van der Waals surface area contributed by atoms with Gasteiger partial charge < -0.3 is 15.5 Å². The summed E-state index contributed by atoms with van der Waals surface area (Å²) in [6.45, 7) is 0. The number of rotatable bonds is 4. The van der Waals surface area contributed by atoms with Gasteiger partial charge in [0.1, 0.15) is 0 Å². The van der Waals surface area contributed by atoms with E-state index in [9.17, 15) is 4.79 Å². The normalized spacial score (nSPS) is 12.6. The lowest BCUT2D eigenvalue weighted by atomic mass is 10.0. The molecule has 0 aliphatic carbocycles. The van der Waals surface area contributed by atoms with E-state index in [0.29, 0.717) is 12.8 Å². The van der Waals surface area contributed by atoms with Gasteiger partial charge in [0.2, 0.25) is 0 Å². The van der Waals surface area contributed by atoms with E-state index >= 15 is 0 Å². The molecule has 2 rings (SSSR count). The Balaban J connectivity index is 2.07. The van der Waals surface area contributed by atoms with Gasteiger partial charge in [-0.05, 0) is 29.5 Å². The average molecular weight is 232 g/mol. The quantitative estimate of drug-likeness (QED) is 0.793. The van der Waals surface area contributed by atoms with E-state index in [1.54, 1.807) is 0 Å². The van der Waals surface area contributed by atoms with Crippen LogP contribution in [0.2, 0.25) is 0 Å². The van der Waals surface area contributed by atoms with Crippen molar-refractivity contribution in [3.05, 3.63) is 36.0 Å². The van der Waals surface area contributed by atoms with Crippen molar-refractivity contribution < 1.29 is 9.53 Å². The first-order valence-corrected chi connectivity index (χ1v) is 5.60. The third-order valence-electron chi connectivity index (χ3n) is 2.89. The molecule has 90 valence electrons. The molecule has 1 unspecified atom stereocenters. The number of nitrogens with one attached hydrogen (secondary N) is 1. The van der Waals surface area contributed by atoms with Crippen LogP contribution in [0.1, 0.15) is 24.4 Å². The third-order valence-corrected chi connectivity index (χ3v) is 2.89. The predicted octanol–water partition coefficient (Wildman–Crippen LogP) is 2.12. The number of aromatic nitrogens is 1. The molecule has 0 bridgehead atoms. The van der Waals surface area contributed by atoms with Gasteiger partial charge in [-0.15, -0.1) is 0 Å². The second kappa shape index (κ2) is 5.01. The zero-order valence-electron chi connectivity index (χ0n) is 9.77. The molecule has 4 nitrogen and oxygen atoms in total. The lowest BCUT2D eigenvalue weighted by Crippen LogP contribution is -2.12. The molecule has 0 saturated carbocycles. The van der Waals surface area contributed by atoms with Gasteiger partial charge in [0.15, 0.2) is 0 Å². The summed E-state index contributed by atoms with van der Waals surface area (Å²) in [5.41, 5.74) is 8.13. The van der Waals surface area contributed by atoms with Gasteiger partial charge in [-0.3, -0.25) is 4.79 Å². The summed E-state index contributed by atoms with van der Waals surface area (Å²) in [6, 6.07) is 7.93. The van der Waals surface area contributed by atoms with Crippen molar-refractivity contribution in [2.45, 2.75) is 18.9 Å². The molecule has 0 radical (unpaired) electrons. The summed E-state index contributed by atoms with van der Waals surface area (Å²) in [7, 11) is 1.39. The molecular formula is C13H16N2O2. The Kier molecular flexibility index (Phi) is 3.44. The first-order chi connectivity index (χ1) is 8.20. The number of nitrogens with two attached hydrogens (primary N) is 1. The van der Waals surface area contributed by atoms with Crippen LogP contribution in [0.15, 0.2) is 30.5 Å². The van der Waals surface area contributed by atoms with Crippen LogP contribution in [0.25, 0.3) is 10.9 Å². The number of hydrogen-bond donors (Lipinski definition) is 2. The first kappa shape index (κ1) is 11.7. The fourth-order valence-corrected chi connectivity index (χ4v) is 1.84. The molecule has 0 fully saturated rings. The van der Waals surface area contributed by atoms with Gasteiger partial charge >= 0.3 is 5.97 Å². The number of benzene rings is 1. The molecule has 3 N–H and O–H groups in total. The van der Waals surface area contributed by atoms with Gasteiger partial charge in [0, 0.05) is 24.2 Å². The van der Waals surface area contributed by atoms with E-state index in [1.807, 2.05) is 30.5 Å². The summed E-state index contributed by atoms with van der Waals surface area (Å²) < 4.78 is 4.59. The van der Waals surface area contributed by atoms with Gasteiger partial charge in [-0.1, -0.05) is 12.1 Å². The van der Waals surface area contributed by atoms with E-state index in [0.717, 1.165) is 16.5 Å². The van der Waals surface area contributed by atoms with Crippen molar-refractivity contribution in [1.82, 2.24) is 4.98 Å². The zero-order chi connectivity index (χ0) is 12.3. The topological polar surface area (TPSA) is 68.1 Å². The van der Waals surface area contributed by atoms with Gasteiger partial charge in [0.25, 0.3) is 0 Å². The summed E-state index contributed by atoms with van der Waals surface area (Å²) in [5, 5.41) is 1.16. The Bertz CT molecular complexity index is 519. The fourth-order valence-electron chi connectivity index (χ4n) is 1.84. The highest BCUT2D eigenvalue weighted by Crippen LogP contribution is 2.21. The maximum absolute atomic E-state index is 11.0. The standard InChI is InChI=1S/C13H16N2O2/c1-17-13(16)5-4-11(14)10-3-2-9-6-7-15-12(9)8-10/h2-3,6-8,11,15H,4-5,14H2,1H3. The molecule has 0 aliphatic rings. The fraction of sp³-hybridized carbons (Fsp3) is 0.308. The Morgan fingerprint density at radius 3 is 3.06 bits per heavy atom. The van der Waals surface area contributed by atoms with Crippen molar-refractivity contribution in [2.75, 3.05) is 7.11 Å². The van der Waals surface area contributed by atoms with E-state index in [-0.39, 0.29) is 12.0 Å². The molecule has 2 aromatic rings. The molecule has 0 saturated heterocycles. The van der Waals surface area contributed by atoms with Gasteiger partial charge in [-0.2, -0.15) is 0 Å². The van der Waals surface area contributed by atoms with Crippen LogP contribution in [0.5, 0.6) is 0 Å². The number of carbonyl (C=O) groups is 1. The van der Waals surface area contributed by atoms with Crippen LogP contribution in [0, 0.1) is 0 Å². The average Bonchev–Trinajstić information content (AvgIpc) is 2.82. The summed E-state index contributed by atoms with van der Waals surface area (Å²) in [6.07, 6.45) is 2.84. The number of carbonyl (C=O) groups excluding carboxylic acids is 1. The van der Waals surface area contributed by atoms with Gasteiger partial charge in [0.05, 0.1) is 7.11 Å². The summed E-state index contributed by atoms with van der Waals surface area (Å²) in [5.74, 6) is -0.221. The Hall–Kier alpha value is -1.81. The summed E-state index contributed by atoms with van der Waals surface area (Å²) >= 11 is 0. The second-order valence-electron chi connectivity index (χ2n) is 4.05. The van der Waals surface area contributed by atoms with Crippen LogP contribution in [0.4, 0.5) is 0 Å². The van der Waals surface area contributed by atoms with E-state index < -0.39 is 0 Å². The number of hydrogen-bond acceptors (Lipinski definition) is 3. The van der Waals surface area contributed by atoms with Crippen molar-refractivity contribution in [2.24, 2.45) is 5.73 Å². The zero-order valence-corrected chi connectivity index (χ0v) is 9.77. The highest BCUT2D eigenvalue weighted by Gasteiger charge is 2.10. The second-order valence-corrected chi connectivity index (χ2v) is 4.05. The van der Waals surface area contributed by atoms with E-state index in [2.05, 4.69) is 9.72 Å². The number of ether oxygens (including phenoxy) is 1. The highest BCUT2D eigenvalue weighted by atomic mass is 16.5. The van der Waals surface area contributed by atoms with Crippen molar-refractivity contribution in [3.8, 4) is 0 Å². The van der Waals surface area contributed by atoms with E-state index in [4.69, 9.17) is 5.73 Å². The highest BCUT2D eigenvalue weighted by molar-refractivity contribution is 5.80. The number of esters is 1. The Morgan fingerprint density at radius 1 is 1.47 bits per heavy atom. The molecule has 0 aliphatic heterocycles. The minimum Gasteiger partial charge on any atom is -0.469 e. The molecular weight excluding hydrogens is 216 g/mol. The molecule has 17 heavy (non-hydrogen) atoms. The third kappa shape index (κ3) is 2.65. The van der Waals surface area contributed by atoms with Gasteiger partial charge in [-0.25, -0.2) is 0 Å². The predicted molar refractivity (Wildman–Crippen MR) is 66.5 cm³/mol. The van der Waals surface area contributed by atoms with Crippen LogP contribution < -0.4 is 5.73 Å². The molecule has 4 heteroatoms. The van der Waals surface area contributed by atoms with Crippen molar-refractivity contribution in [1.29, 1.82) is 0 Å². The maximum atomic E-state index is 11.0. The molecule has 1 heterocycles. The monoisotopic (exact) mass is 232 g/mol. The minimum atomic E-state index is -0.221. The van der Waals surface area contributed by atoms with Crippen molar-refractivity contribution in [3.63, 3.8) is 0 Å². The molecule has 1 aromatic heterocycles. The molecule has 1 aromatic carbocycles. The maximum Gasteiger partial charge on any atom is 0.305 e. The lowest BCUT2D eigenvalue weighted by molar-refractivity contribution is -0.140. The number of methoxy groups -OCH3 is 1. The van der Waals surface area contributed by atoms with E-state index in [1.165, 1.54) is 7.11 Å². The van der Waals surface area contributed by atoms with Crippen LogP contribution in [-0.2, 0) is 9.53 Å². The Labute approximate surface area is 99.8 Å². The lowest BCUT2D eigenvalue weighted by Gasteiger charge is -2.11. The summed E-state index contributed by atoms with van der Waals surface area (Å²) in [4.78, 5) is 14.2. The number of H-pyrrole nitrogens is 1. The Morgan fingerprint density at radius 2 is 2.29 bits per heavy atom. The largest absolute Gasteiger partial charge is 0.469 e. The smallest absolute Gasteiger partial charge is 0.305 e. The molecule has 1 atom stereocenters.